The Balaban J connectivity index is 1.34. The van der Waals surface area contributed by atoms with E-state index in [1.54, 1.807) is 76.2 Å². The number of hydrogen-bond donors (Lipinski definition) is 21. The summed E-state index contributed by atoms with van der Waals surface area (Å²) in [7, 11) is 1.90. The van der Waals surface area contributed by atoms with Crippen molar-refractivity contribution in [3.05, 3.63) is 70.7 Å². The number of carbonyl (C=O) groups is 19. The molecule has 138 heavy (non-hydrogen) atoms. The number of likely N-dealkylation sites (tertiary alicyclic amines) is 3. The molecule has 47 heteroatoms. The van der Waals surface area contributed by atoms with Crippen LogP contribution in [0.25, 0.3) is 0 Å². The van der Waals surface area contributed by atoms with Gasteiger partial charge in [-0.1, -0.05) is 123 Å². The van der Waals surface area contributed by atoms with Crippen LogP contribution in [0.15, 0.2) is 54.6 Å². The molecule has 5 fully saturated rings. The molecule has 0 spiro atoms. The molecule has 18 atom stereocenters. The Morgan fingerprint density at radius 1 is 0.580 bits per heavy atom. The van der Waals surface area contributed by atoms with E-state index in [9.17, 15) is 77.6 Å². The highest BCUT2D eigenvalue weighted by Crippen LogP contribution is 2.30. The van der Waals surface area contributed by atoms with Gasteiger partial charge in [-0.3, -0.25) is 96.5 Å². The lowest BCUT2D eigenvalue weighted by Gasteiger charge is -2.33. The molecule has 2 aromatic rings. The fourth-order valence-electron chi connectivity index (χ4n) is 17.1. The first kappa shape index (κ1) is 113. The second-order valence-electron chi connectivity index (χ2n) is 36.2. The zero-order valence-electron chi connectivity index (χ0n) is 79.5. The fourth-order valence-corrected chi connectivity index (χ4v) is 19.6. The normalized spacial score (nSPS) is 24.5. The molecule has 18 amide bonds. The maximum atomic E-state index is 15.7. The first-order valence-corrected chi connectivity index (χ1v) is 50.2. The second kappa shape index (κ2) is 56.5. The van der Waals surface area contributed by atoms with Crippen molar-refractivity contribution in [1.29, 1.82) is 5.41 Å². The van der Waals surface area contributed by atoms with Gasteiger partial charge >= 0.3 is 5.97 Å². The van der Waals surface area contributed by atoms with Crippen molar-refractivity contribution in [1.82, 2.24) is 94.0 Å². The molecule has 7 rings (SSSR count). The minimum Gasteiger partial charge on any atom is -0.481 e. The second-order valence-corrected chi connectivity index (χ2v) is 39.3. The first-order chi connectivity index (χ1) is 65.6. The molecule has 0 radical (unpaired) electrons. The minimum atomic E-state index is -1.85. The summed E-state index contributed by atoms with van der Waals surface area (Å²) in [6.07, 6.45) is -1.00. The van der Waals surface area contributed by atoms with Gasteiger partial charge in [0.1, 0.15) is 103 Å². The third-order valence-corrected chi connectivity index (χ3v) is 27.2. The van der Waals surface area contributed by atoms with Gasteiger partial charge in [-0.15, -0.1) is 0 Å². The van der Waals surface area contributed by atoms with Crippen LogP contribution in [0.1, 0.15) is 195 Å². The number of carboxylic acids is 1. The Kier molecular flexibility index (Phi) is 46.5. The molecule has 5 aliphatic rings. The number of fused-ring (bicyclic) bond motifs is 1. The Hall–Kier alpha value is -11.5. The van der Waals surface area contributed by atoms with Crippen molar-refractivity contribution in [2.45, 2.75) is 305 Å². The maximum absolute atomic E-state index is 15.7. The van der Waals surface area contributed by atoms with E-state index in [2.05, 4.69) is 74.4 Å². The molecule has 5 heterocycles. The molecule has 44 nitrogen and oxygen atoms in total. The molecule has 0 saturated carbocycles. The standard InChI is InChI=1S/C91H139ClN22O22S2/c1-9-10-26-60-87(133)111-38-18-29-67(111)83(129)98-51(6)75(121)108-65(47-115)81(127)106-63(45-54-22-12-11-13-23-54)80(126)109-66(82(128)103-61(27-14-15-36-93)88(134)114-41-21-32-70(114)89(135)112-39-19-30-68(112)84(130)100-57(74(94)120)33-34-71(118)119)48-138-137-42-35-59(76(122)105-62(43-49(2)3)78(124)101-58(28-17-37-97-91(95)96)77(123)110-73(52(7)116)86(132)104-60)102-79(125)64(46-55-24-16-25-56(92)44-55)107-85(131)69-31-20-40-113(69)90(136)72(50(4)5)99-53(8)117/h11-13,16,22-25,44,49-52,57-70,72-73,115-116H,9-10,14-15,17-21,26-43,45-48,93H2,1-8H3,(H2,94,120)(H,98,129)(H,99,117)(H,100,130)(H,101,124)(H,102,125)(H,103,128)(H,104,132)(H,105,122)(H,106,127)(H,107,131)(H,108,121)(H,109,126)(H,110,123)(H,118,119)(H4,95,96,97)/t51-,52-,57-,58-,59?,60-,61?,62-,63-,64-,65-,66-,67-,68-,69-,70-,72-,73-/m0/s1. The number of carboxylic acid groups (broad SMARTS) is 1. The Bertz CT molecular complexity index is 4600. The van der Waals surface area contributed by atoms with Crippen LogP contribution >= 0.6 is 33.2 Å². The van der Waals surface area contributed by atoms with Crippen LogP contribution in [0.4, 0.5) is 0 Å². The number of nitrogens with zero attached hydrogens (tertiary/aromatic N) is 4. The summed E-state index contributed by atoms with van der Waals surface area (Å²) in [6, 6.07) is -10.6. The van der Waals surface area contributed by atoms with Gasteiger partial charge in [-0.05, 0) is 165 Å². The molecule has 2 aromatic carbocycles. The number of aliphatic hydroxyl groups excluding tert-OH is 2. The molecular formula is C91H139ClN22O22S2. The monoisotopic (exact) mass is 1990 g/mol. The van der Waals surface area contributed by atoms with Gasteiger partial charge in [0, 0.05) is 75.4 Å². The number of nitrogens with two attached hydrogens (primary N) is 3. The van der Waals surface area contributed by atoms with Crippen LogP contribution < -0.4 is 91.6 Å². The lowest BCUT2D eigenvalue weighted by atomic mass is 10.0. The van der Waals surface area contributed by atoms with Crippen molar-refractivity contribution < 1.29 is 106 Å². The smallest absolute Gasteiger partial charge is 0.303 e. The molecule has 0 aromatic heterocycles. The van der Waals surface area contributed by atoms with Gasteiger partial charge in [0.2, 0.25) is 106 Å². The van der Waals surface area contributed by atoms with Crippen LogP contribution in [0.3, 0.4) is 0 Å². The van der Waals surface area contributed by atoms with Gasteiger partial charge in [-0.2, -0.15) is 0 Å². The van der Waals surface area contributed by atoms with E-state index < -0.39 is 258 Å². The van der Waals surface area contributed by atoms with Crippen molar-refractivity contribution in [2.75, 3.05) is 57.4 Å². The number of aliphatic carboxylic acids is 1. The number of carbonyl (C=O) groups excluding carboxylic acids is 18. The summed E-state index contributed by atoms with van der Waals surface area (Å²) < 4.78 is 0. The summed E-state index contributed by atoms with van der Waals surface area (Å²) in [5, 5.41) is 76.8. The molecule has 5 aliphatic heterocycles. The molecule has 0 bridgehead atoms. The highest BCUT2D eigenvalue weighted by molar-refractivity contribution is 8.76. The molecule has 5 saturated heterocycles. The van der Waals surface area contributed by atoms with Crippen LogP contribution in [0, 0.1) is 17.2 Å². The molecule has 2 unspecified atom stereocenters. The zero-order valence-corrected chi connectivity index (χ0v) is 81.9. The van der Waals surface area contributed by atoms with E-state index in [4.69, 9.17) is 34.2 Å². The highest BCUT2D eigenvalue weighted by atomic mass is 35.5. The number of benzene rings is 2. The van der Waals surface area contributed by atoms with Gasteiger partial charge in [-0.25, -0.2) is 0 Å². The van der Waals surface area contributed by atoms with Crippen LogP contribution in [0.2, 0.25) is 5.02 Å². The van der Waals surface area contributed by atoms with Gasteiger partial charge in [0.15, 0.2) is 5.96 Å². The lowest BCUT2D eigenvalue weighted by Crippen LogP contribution is -2.62. The topological polar surface area (TPSA) is 668 Å². The average Bonchev–Trinajstić information content (AvgIpc) is 1.65. The number of amides is 18. The molecule has 24 N–H and O–H groups in total. The summed E-state index contributed by atoms with van der Waals surface area (Å²) in [6.45, 7) is 11.5. The predicted molar refractivity (Wildman–Crippen MR) is 511 cm³/mol. The van der Waals surface area contributed by atoms with Crippen molar-refractivity contribution >= 4 is 151 Å². The van der Waals surface area contributed by atoms with Crippen LogP contribution in [-0.4, -0.2) is 319 Å². The summed E-state index contributed by atoms with van der Waals surface area (Å²) in [5.41, 5.74) is 18.0. The molecular weight excluding hydrogens is 1850 g/mol. The van der Waals surface area contributed by atoms with Crippen molar-refractivity contribution in [3.8, 4) is 0 Å². The van der Waals surface area contributed by atoms with E-state index in [-0.39, 0.29) is 153 Å². The van der Waals surface area contributed by atoms with E-state index in [0.717, 1.165) is 21.6 Å². The van der Waals surface area contributed by atoms with Gasteiger partial charge < -0.3 is 127 Å². The fraction of sp³-hybridized carbons (Fsp3) is 0.648. The van der Waals surface area contributed by atoms with E-state index in [1.807, 2.05) is 6.92 Å². The highest BCUT2D eigenvalue weighted by Gasteiger charge is 2.48. The summed E-state index contributed by atoms with van der Waals surface area (Å²) >= 11 is 6.53. The third kappa shape index (κ3) is 34.8. The maximum Gasteiger partial charge on any atom is 0.303 e. The number of halogens is 1. The quantitative estimate of drug-likeness (QED) is 0.0142. The SMILES string of the molecule is CCCC[C@@H]1NC(=O)[C@H]([C@H](C)O)NC(=O)[C@H](CCCNC(=N)N)NC(=O)[C@H](CC(C)C)NC(=O)C(NC(=O)[C@H](Cc2cccc(Cl)c2)NC(=O)[C@@H]2CCCN2C(=O)[C@@H](NC(C)=O)C(C)C)CCSSC[C@@H](C(=O)NC(CCCCN)C(=O)N2CCC[C@H]2C(=O)N2CCC[C@H]2C(=O)N[C@@H](CCC(=O)O)C(N)=O)NC(=O)[C@H](Cc2ccccc2)NC(=O)[C@H](CO)NC(=O)[C@H](C)NC(=O)[C@@H]2CCCN2C1=O. The largest absolute Gasteiger partial charge is 0.481 e. The van der Waals surface area contributed by atoms with Crippen molar-refractivity contribution in [3.63, 3.8) is 0 Å². The first-order valence-electron chi connectivity index (χ1n) is 47.3. The Labute approximate surface area is 815 Å². The lowest BCUT2D eigenvalue weighted by molar-refractivity contribution is -0.148. The van der Waals surface area contributed by atoms with Gasteiger partial charge in [0.25, 0.3) is 0 Å². The molecule has 764 valence electrons. The Morgan fingerprint density at radius 2 is 1.16 bits per heavy atom. The molecule has 0 aliphatic carbocycles. The number of hydrogen-bond acceptors (Lipinski definition) is 25. The summed E-state index contributed by atoms with van der Waals surface area (Å²) in [5.74, 6) is -19.0. The third-order valence-electron chi connectivity index (χ3n) is 24.5. The minimum absolute atomic E-state index is 0.00902. The van der Waals surface area contributed by atoms with Gasteiger partial charge in [0.05, 0.1) is 12.7 Å². The van der Waals surface area contributed by atoms with E-state index in [0.29, 0.717) is 43.2 Å². The summed E-state index contributed by atoms with van der Waals surface area (Å²) in [4.78, 5) is 280. The number of aliphatic hydroxyl groups is 2. The number of unbranched alkanes of at least 4 members (excludes halogenated alkanes) is 2. The number of guanidine groups is 1. The van der Waals surface area contributed by atoms with E-state index in [1.165, 1.54) is 46.4 Å². The van der Waals surface area contributed by atoms with Crippen LogP contribution in [-0.2, 0) is 104 Å². The zero-order chi connectivity index (χ0) is 102. The Morgan fingerprint density at radius 3 is 1.78 bits per heavy atom. The van der Waals surface area contributed by atoms with Crippen molar-refractivity contribution in [2.24, 2.45) is 29.0 Å². The van der Waals surface area contributed by atoms with E-state index >= 15 is 28.8 Å². The number of nitrogens with one attached hydrogen (secondary N) is 15. The van der Waals surface area contributed by atoms with Crippen LogP contribution in [0.5, 0.6) is 0 Å². The average molecular weight is 1990 g/mol. The number of rotatable bonds is 36. The predicted octanol–water partition coefficient (Wildman–Crippen LogP) is -2.78. The number of primary amides is 1.